The second-order valence-electron chi connectivity index (χ2n) is 5.01. The Morgan fingerprint density at radius 2 is 1.83 bits per heavy atom. The summed E-state index contributed by atoms with van der Waals surface area (Å²) in [6.45, 7) is 4.10. The van der Waals surface area contributed by atoms with E-state index in [-0.39, 0.29) is 6.17 Å². The maximum absolute atomic E-state index is 5.83. The highest BCUT2D eigenvalue weighted by Gasteiger charge is 2.16. The molecule has 0 spiro atoms. The molecule has 1 aromatic carbocycles. The maximum atomic E-state index is 5.83. The monoisotopic (exact) mass is 330 g/mol. The minimum atomic E-state index is -0.390. The van der Waals surface area contributed by atoms with Gasteiger partial charge in [0.2, 0.25) is 11.9 Å². The number of aromatic nitrogens is 2. The van der Waals surface area contributed by atoms with E-state index in [1.165, 1.54) is 0 Å². The van der Waals surface area contributed by atoms with Crippen LogP contribution in [-0.2, 0) is 0 Å². The summed E-state index contributed by atoms with van der Waals surface area (Å²) in [7, 11) is 0. The van der Waals surface area contributed by atoms with Crippen molar-refractivity contribution in [3.8, 4) is 5.75 Å². The molecular weight excluding hydrogens is 316 g/mol. The summed E-state index contributed by atoms with van der Waals surface area (Å²) in [6.07, 6.45) is -0.390. The van der Waals surface area contributed by atoms with Crippen molar-refractivity contribution in [3.63, 3.8) is 0 Å². The van der Waals surface area contributed by atoms with Gasteiger partial charge in [-0.2, -0.15) is 5.11 Å². The fourth-order valence-corrected chi connectivity index (χ4v) is 2.15. The first kappa shape index (κ1) is 15.4. The van der Waals surface area contributed by atoms with Crippen LogP contribution in [0.3, 0.4) is 0 Å². The molecule has 0 saturated heterocycles. The van der Waals surface area contributed by atoms with Gasteiger partial charge in [-0.15, -0.1) is 5.11 Å². The predicted molar refractivity (Wildman–Crippen MR) is 88.2 cm³/mol. The van der Waals surface area contributed by atoms with Crippen molar-refractivity contribution >= 4 is 23.5 Å². The first-order valence-electron chi connectivity index (χ1n) is 7.05. The lowest BCUT2D eigenvalue weighted by molar-refractivity contribution is 0.292. The van der Waals surface area contributed by atoms with Crippen molar-refractivity contribution in [3.05, 3.63) is 46.7 Å². The van der Waals surface area contributed by atoms with Crippen LogP contribution in [0.25, 0.3) is 0 Å². The highest BCUT2D eigenvalue weighted by atomic mass is 35.5. The van der Waals surface area contributed by atoms with Crippen LogP contribution in [0.4, 0.5) is 5.95 Å². The lowest BCUT2D eigenvalue weighted by atomic mass is 10.3. The number of azo groups is 1. The van der Waals surface area contributed by atoms with Crippen LogP contribution in [0.5, 0.6) is 5.75 Å². The highest BCUT2D eigenvalue weighted by molar-refractivity contribution is 6.30. The van der Waals surface area contributed by atoms with Crippen LogP contribution in [0.1, 0.15) is 11.4 Å². The first-order chi connectivity index (χ1) is 11.1. The number of benzene rings is 1. The van der Waals surface area contributed by atoms with Gasteiger partial charge in [0.05, 0.1) is 0 Å². The van der Waals surface area contributed by atoms with Crippen molar-refractivity contribution in [1.29, 1.82) is 0 Å². The molecule has 0 bridgehead atoms. The normalized spacial score (nSPS) is 16.3. The molecule has 1 aliphatic rings. The summed E-state index contributed by atoms with van der Waals surface area (Å²) in [5.74, 6) is 1.54. The van der Waals surface area contributed by atoms with E-state index in [9.17, 15) is 0 Å². The SMILES string of the molecule is Cc1cc(C)nc(NC2=NC(COc3ccc(Cl)cc3)N=N2)n1. The number of halogens is 1. The number of guanidine groups is 1. The summed E-state index contributed by atoms with van der Waals surface area (Å²) in [6, 6.07) is 9.01. The van der Waals surface area contributed by atoms with E-state index in [4.69, 9.17) is 16.3 Å². The topological polar surface area (TPSA) is 84.1 Å². The van der Waals surface area contributed by atoms with Gasteiger partial charge in [0.25, 0.3) is 0 Å². The third kappa shape index (κ3) is 4.23. The molecule has 118 valence electrons. The van der Waals surface area contributed by atoms with E-state index >= 15 is 0 Å². The number of nitrogens with zero attached hydrogens (tertiary/aromatic N) is 5. The van der Waals surface area contributed by atoms with Gasteiger partial charge < -0.3 is 4.74 Å². The smallest absolute Gasteiger partial charge is 0.246 e. The zero-order valence-corrected chi connectivity index (χ0v) is 13.4. The van der Waals surface area contributed by atoms with Crippen LogP contribution in [0, 0.1) is 13.8 Å². The highest BCUT2D eigenvalue weighted by Crippen LogP contribution is 2.17. The second-order valence-corrected chi connectivity index (χ2v) is 5.45. The molecule has 2 heterocycles. The molecular formula is C15H15ClN6O. The number of anilines is 1. The molecule has 1 aliphatic heterocycles. The number of aryl methyl sites for hydroxylation is 2. The Balaban J connectivity index is 1.58. The van der Waals surface area contributed by atoms with E-state index in [0.717, 1.165) is 11.4 Å². The van der Waals surface area contributed by atoms with Crippen molar-refractivity contribution < 1.29 is 4.74 Å². The molecule has 7 nitrogen and oxygen atoms in total. The largest absolute Gasteiger partial charge is 0.489 e. The van der Waals surface area contributed by atoms with Crippen molar-refractivity contribution in [1.82, 2.24) is 9.97 Å². The van der Waals surface area contributed by atoms with E-state index < -0.39 is 0 Å². The van der Waals surface area contributed by atoms with E-state index in [1.807, 2.05) is 19.9 Å². The van der Waals surface area contributed by atoms with Gasteiger partial charge in [0.15, 0.2) is 6.17 Å². The standard InChI is InChI=1S/C15H15ClN6O/c1-9-7-10(2)18-14(17-9)20-15-19-13(21-22-15)8-23-12-5-3-11(16)4-6-12/h3-7,13H,8H2,1-2H3,(H,17,18,19,20). The Morgan fingerprint density at radius 3 is 2.52 bits per heavy atom. The average molecular weight is 331 g/mol. The molecule has 1 atom stereocenters. The minimum absolute atomic E-state index is 0.296. The van der Waals surface area contributed by atoms with E-state index in [0.29, 0.717) is 29.3 Å². The van der Waals surface area contributed by atoms with Gasteiger partial charge in [-0.25, -0.2) is 15.0 Å². The molecule has 0 fully saturated rings. The number of hydrogen-bond donors (Lipinski definition) is 1. The van der Waals surface area contributed by atoms with Gasteiger partial charge in [-0.05, 0) is 44.2 Å². The molecule has 23 heavy (non-hydrogen) atoms. The molecule has 0 amide bonds. The van der Waals surface area contributed by atoms with Crippen LogP contribution < -0.4 is 10.1 Å². The Morgan fingerprint density at radius 1 is 1.13 bits per heavy atom. The lowest BCUT2D eigenvalue weighted by Crippen LogP contribution is -2.14. The fraction of sp³-hybridized carbons (Fsp3) is 0.267. The zero-order chi connectivity index (χ0) is 16.2. The van der Waals surface area contributed by atoms with Gasteiger partial charge in [-0.3, -0.25) is 5.32 Å². The third-order valence-electron chi connectivity index (χ3n) is 2.98. The molecule has 0 radical (unpaired) electrons. The van der Waals surface area contributed by atoms with Crippen LogP contribution in [0.2, 0.25) is 5.02 Å². The van der Waals surface area contributed by atoms with Crippen molar-refractivity contribution in [2.75, 3.05) is 11.9 Å². The summed E-state index contributed by atoms with van der Waals surface area (Å²) in [5.41, 5.74) is 1.75. The molecule has 0 saturated carbocycles. The third-order valence-corrected chi connectivity index (χ3v) is 3.23. The number of ether oxygens (including phenoxy) is 1. The zero-order valence-electron chi connectivity index (χ0n) is 12.7. The molecule has 1 unspecified atom stereocenters. The predicted octanol–water partition coefficient (Wildman–Crippen LogP) is 3.39. The van der Waals surface area contributed by atoms with Crippen LogP contribution in [0.15, 0.2) is 45.6 Å². The van der Waals surface area contributed by atoms with Crippen molar-refractivity contribution in [2.45, 2.75) is 20.0 Å². The summed E-state index contributed by atoms with van der Waals surface area (Å²) in [5, 5.41) is 11.6. The lowest BCUT2D eigenvalue weighted by Gasteiger charge is -2.07. The number of aliphatic imine (C=N–C) groups is 1. The summed E-state index contributed by atoms with van der Waals surface area (Å²) >= 11 is 5.83. The second kappa shape index (κ2) is 6.70. The number of hydrogen-bond acceptors (Lipinski definition) is 7. The van der Waals surface area contributed by atoms with Crippen molar-refractivity contribution in [2.24, 2.45) is 15.2 Å². The molecule has 8 heteroatoms. The number of nitrogens with one attached hydrogen (secondary N) is 1. The fourth-order valence-electron chi connectivity index (χ4n) is 2.03. The quantitative estimate of drug-likeness (QED) is 0.931. The number of rotatable bonds is 4. The maximum Gasteiger partial charge on any atom is 0.246 e. The summed E-state index contributed by atoms with van der Waals surface area (Å²) in [4.78, 5) is 12.9. The molecule has 2 aromatic rings. The van der Waals surface area contributed by atoms with Gasteiger partial charge in [0, 0.05) is 16.4 Å². The molecule has 1 aromatic heterocycles. The Hall–Kier alpha value is -2.54. The minimum Gasteiger partial charge on any atom is -0.489 e. The Bertz CT molecular complexity index is 739. The Labute approximate surface area is 138 Å². The summed E-state index contributed by atoms with van der Waals surface area (Å²) < 4.78 is 5.60. The van der Waals surface area contributed by atoms with Crippen LogP contribution >= 0.6 is 11.6 Å². The van der Waals surface area contributed by atoms with Gasteiger partial charge in [-0.1, -0.05) is 11.6 Å². The molecule has 1 N–H and O–H groups in total. The molecule has 3 rings (SSSR count). The van der Waals surface area contributed by atoms with E-state index in [1.54, 1.807) is 24.3 Å². The average Bonchev–Trinajstić information content (AvgIpc) is 2.93. The Kier molecular flexibility index (Phi) is 4.47. The van der Waals surface area contributed by atoms with Gasteiger partial charge in [0.1, 0.15) is 12.4 Å². The van der Waals surface area contributed by atoms with Crippen LogP contribution in [-0.4, -0.2) is 28.7 Å². The van der Waals surface area contributed by atoms with E-state index in [2.05, 4.69) is 30.5 Å². The van der Waals surface area contributed by atoms with Gasteiger partial charge >= 0.3 is 0 Å². The first-order valence-corrected chi connectivity index (χ1v) is 7.42. The molecule has 0 aliphatic carbocycles.